The van der Waals surface area contributed by atoms with E-state index in [0.29, 0.717) is 18.9 Å². The Morgan fingerprint density at radius 2 is 1.92 bits per heavy atom. The van der Waals surface area contributed by atoms with Gasteiger partial charge in [-0.2, -0.15) is 0 Å². The summed E-state index contributed by atoms with van der Waals surface area (Å²) in [5, 5.41) is 3.12. The first-order valence-electron chi connectivity index (χ1n) is 9.24. The zero-order chi connectivity index (χ0) is 17.9. The predicted molar refractivity (Wildman–Crippen MR) is 98.1 cm³/mol. The molecule has 134 valence electrons. The molecule has 1 N–H and O–H groups in total. The summed E-state index contributed by atoms with van der Waals surface area (Å²) in [6.45, 7) is 1.34. The van der Waals surface area contributed by atoms with Gasteiger partial charge in [-0.3, -0.25) is 14.6 Å². The van der Waals surface area contributed by atoms with E-state index in [9.17, 15) is 9.59 Å². The van der Waals surface area contributed by atoms with Gasteiger partial charge in [0.2, 0.25) is 11.8 Å². The van der Waals surface area contributed by atoms with Crippen LogP contribution in [0.4, 0.5) is 0 Å². The summed E-state index contributed by atoms with van der Waals surface area (Å²) < 4.78 is 0. The van der Waals surface area contributed by atoms with E-state index < -0.39 is 0 Å². The maximum Gasteiger partial charge on any atom is 0.226 e. The molecule has 0 bridgehead atoms. The lowest BCUT2D eigenvalue weighted by molar-refractivity contribution is -0.129. The molecule has 5 heteroatoms. The first-order valence-corrected chi connectivity index (χ1v) is 9.24. The van der Waals surface area contributed by atoms with Gasteiger partial charge in [-0.05, 0) is 36.5 Å². The Balaban J connectivity index is 1.49. The average Bonchev–Trinajstić information content (AvgIpc) is 3.42. The number of pyridine rings is 1. The van der Waals surface area contributed by atoms with Crippen molar-refractivity contribution in [1.82, 2.24) is 15.2 Å². The number of benzene rings is 1. The first-order chi connectivity index (χ1) is 12.7. The van der Waals surface area contributed by atoms with Gasteiger partial charge < -0.3 is 10.2 Å². The molecule has 2 heterocycles. The van der Waals surface area contributed by atoms with E-state index in [4.69, 9.17) is 0 Å². The molecule has 2 aromatic rings. The molecular formula is C21H23N3O2. The number of nitrogens with one attached hydrogen (secondary N) is 1. The Bertz CT molecular complexity index is 735. The van der Waals surface area contributed by atoms with Crippen LogP contribution in [0.5, 0.6) is 0 Å². The SMILES string of the molecule is O=C(N[C@H](c1ccccc1)c1ccccn1)[C@H]1CC(=O)N(CC2CC2)C1. The number of nitrogens with zero attached hydrogens (tertiary/aromatic N) is 2. The van der Waals surface area contributed by atoms with E-state index in [2.05, 4.69) is 10.3 Å². The van der Waals surface area contributed by atoms with Crippen molar-refractivity contribution in [2.24, 2.45) is 11.8 Å². The number of likely N-dealkylation sites (tertiary alicyclic amines) is 1. The molecule has 4 rings (SSSR count). The molecule has 1 saturated carbocycles. The van der Waals surface area contributed by atoms with Crippen molar-refractivity contribution in [3.8, 4) is 0 Å². The maximum absolute atomic E-state index is 12.9. The van der Waals surface area contributed by atoms with E-state index in [1.165, 1.54) is 12.8 Å². The van der Waals surface area contributed by atoms with Gasteiger partial charge in [0.1, 0.15) is 0 Å². The molecule has 1 aliphatic heterocycles. The minimum Gasteiger partial charge on any atom is -0.343 e. The highest BCUT2D eigenvalue weighted by molar-refractivity contribution is 5.89. The lowest BCUT2D eigenvalue weighted by Gasteiger charge is -2.21. The van der Waals surface area contributed by atoms with Gasteiger partial charge >= 0.3 is 0 Å². The standard InChI is InChI=1S/C21H23N3O2/c25-19-12-17(14-24(19)13-15-9-10-15)21(26)23-20(16-6-2-1-3-7-16)18-8-4-5-11-22-18/h1-8,11,15,17,20H,9-10,12-14H2,(H,23,26)/t17-,20+/m0/s1. The molecule has 2 atom stereocenters. The summed E-state index contributed by atoms with van der Waals surface area (Å²) in [6.07, 6.45) is 4.45. The number of aromatic nitrogens is 1. The fourth-order valence-corrected chi connectivity index (χ4v) is 3.52. The summed E-state index contributed by atoms with van der Waals surface area (Å²) in [7, 11) is 0. The summed E-state index contributed by atoms with van der Waals surface area (Å²) in [6, 6.07) is 15.2. The first kappa shape index (κ1) is 16.8. The highest BCUT2D eigenvalue weighted by Gasteiger charge is 2.37. The van der Waals surface area contributed by atoms with E-state index in [0.717, 1.165) is 17.8 Å². The third-order valence-electron chi connectivity index (χ3n) is 5.16. The Labute approximate surface area is 153 Å². The molecule has 1 aromatic heterocycles. The molecule has 1 saturated heterocycles. The van der Waals surface area contributed by atoms with Crippen LogP contribution in [0.2, 0.25) is 0 Å². The minimum atomic E-state index is -0.308. The van der Waals surface area contributed by atoms with Crippen molar-refractivity contribution in [2.45, 2.75) is 25.3 Å². The number of hydrogen-bond donors (Lipinski definition) is 1. The summed E-state index contributed by atoms with van der Waals surface area (Å²) in [4.78, 5) is 31.4. The quantitative estimate of drug-likeness (QED) is 0.872. The van der Waals surface area contributed by atoms with Crippen molar-refractivity contribution in [3.05, 3.63) is 66.0 Å². The molecule has 2 fully saturated rings. The lowest BCUT2D eigenvalue weighted by Crippen LogP contribution is -2.36. The van der Waals surface area contributed by atoms with Crippen LogP contribution in [-0.4, -0.2) is 34.8 Å². The summed E-state index contributed by atoms with van der Waals surface area (Å²) in [5.41, 5.74) is 1.78. The zero-order valence-electron chi connectivity index (χ0n) is 14.7. The second-order valence-corrected chi connectivity index (χ2v) is 7.25. The molecule has 5 nitrogen and oxygen atoms in total. The van der Waals surface area contributed by atoms with Gasteiger partial charge in [0, 0.05) is 25.7 Å². The van der Waals surface area contributed by atoms with Crippen LogP contribution >= 0.6 is 0 Å². The van der Waals surface area contributed by atoms with Crippen LogP contribution in [-0.2, 0) is 9.59 Å². The number of rotatable bonds is 6. The number of amides is 2. The van der Waals surface area contributed by atoms with E-state index in [1.807, 2.05) is 53.4 Å². The summed E-state index contributed by atoms with van der Waals surface area (Å²) >= 11 is 0. The fraction of sp³-hybridized carbons (Fsp3) is 0.381. The monoisotopic (exact) mass is 349 g/mol. The Hall–Kier alpha value is -2.69. The van der Waals surface area contributed by atoms with Crippen LogP contribution in [0.3, 0.4) is 0 Å². The summed E-state index contributed by atoms with van der Waals surface area (Å²) in [5.74, 6) is 0.393. The van der Waals surface area contributed by atoms with Gasteiger partial charge in [0.05, 0.1) is 17.7 Å². The smallest absolute Gasteiger partial charge is 0.226 e. The molecule has 0 unspecified atom stereocenters. The van der Waals surface area contributed by atoms with Crippen LogP contribution in [0.1, 0.15) is 36.6 Å². The van der Waals surface area contributed by atoms with Gasteiger partial charge in [0.15, 0.2) is 0 Å². The largest absolute Gasteiger partial charge is 0.343 e. The molecule has 1 aromatic carbocycles. The number of carbonyl (C=O) groups is 2. The number of hydrogen-bond acceptors (Lipinski definition) is 3. The molecule has 26 heavy (non-hydrogen) atoms. The van der Waals surface area contributed by atoms with Crippen molar-refractivity contribution < 1.29 is 9.59 Å². The van der Waals surface area contributed by atoms with Crippen LogP contribution in [0.25, 0.3) is 0 Å². The fourth-order valence-electron chi connectivity index (χ4n) is 3.52. The average molecular weight is 349 g/mol. The second kappa shape index (κ2) is 7.28. The van der Waals surface area contributed by atoms with Crippen LogP contribution in [0, 0.1) is 11.8 Å². The minimum absolute atomic E-state index is 0.0730. The topological polar surface area (TPSA) is 62.3 Å². The van der Waals surface area contributed by atoms with E-state index >= 15 is 0 Å². The predicted octanol–water partition coefficient (Wildman–Crippen LogP) is 2.55. The normalized spacial score (nSPS) is 20.8. The molecule has 1 aliphatic carbocycles. The maximum atomic E-state index is 12.9. The lowest BCUT2D eigenvalue weighted by atomic mass is 10.0. The number of carbonyl (C=O) groups excluding carboxylic acids is 2. The van der Waals surface area contributed by atoms with Crippen molar-refractivity contribution in [2.75, 3.05) is 13.1 Å². The van der Waals surface area contributed by atoms with E-state index in [1.54, 1.807) is 6.20 Å². The van der Waals surface area contributed by atoms with Gasteiger partial charge in [-0.15, -0.1) is 0 Å². The Morgan fingerprint density at radius 1 is 1.15 bits per heavy atom. The molecular weight excluding hydrogens is 326 g/mol. The third-order valence-corrected chi connectivity index (χ3v) is 5.16. The van der Waals surface area contributed by atoms with Crippen LogP contribution in [0.15, 0.2) is 54.7 Å². The van der Waals surface area contributed by atoms with Crippen molar-refractivity contribution in [3.63, 3.8) is 0 Å². The Kier molecular flexibility index (Phi) is 4.69. The molecule has 0 spiro atoms. The second-order valence-electron chi connectivity index (χ2n) is 7.25. The van der Waals surface area contributed by atoms with E-state index in [-0.39, 0.29) is 23.8 Å². The van der Waals surface area contributed by atoms with Crippen molar-refractivity contribution in [1.29, 1.82) is 0 Å². The van der Waals surface area contributed by atoms with Gasteiger partial charge in [0.25, 0.3) is 0 Å². The van der Waals surface area contributed by atoms with Gasteiger partial charge in [-0.25, -0.2) is 0 Å². The molecule has 2 aliphatic rings. The highest BCUT2D eigenvalue weighted by Crippen LogP contribution is 2.32. The Morgan fingerprint density at radius 3 is 2.62 bits per heavy atom. The van der Waals surface area contributed by atoms with Crippen LogP contribution < -0.4 is 5.32 Å². The van der Waals surface area contributed by atoms with Crippen molar-refractivity contribution >= 4 is 11.8 Å². The zero-order valence-corrected chi connectivity index (χ0v) is 14.7. The molecule has 0 radical (unpaired) electrons. The van der Waals surface area contributed by atoms with Gasteiger partial charge in [-0.1, -0.05) is 36.4 Å². The third kappa shape index (κ3) is 3.77. The molecule has 2 amide bonds. The highest BCUT2D eigenvalue weighted by atomic mass is 16.2.